The van der Waals surface area contributed by atoms with Crippen LogP contribution < -0.4 is 15.0 Å². The standard InChI is InChI=1S/C30H36N4O7S/c1-3-4-18-33(42(38,39)24-15-13-23(40-2)14-16-24)20-26(35)25(19-22-10-6-5-7-11-22)32-29(36)27-21-34(30(37)41-27)28-12-8-9-17-31-28/h5-17,25-27,35H,3-4,18-21H2,1-2H3,(H,32,36)/t25?,26-,27+/m1/s1. The van der Waals surface area contributed by atoms with Gasteiger partial charge in [-0.05, 0) is 54.8 Å². The second kappa shape index (κ2) is 14.3. The van der Waals surface area contributed by atoms with Crippen molar-refractivity contribution in [2.45, 2.75) is 49.3 Å². The van der Waals surface area contributed by atoms with Crippen molar-refractivity contribution in [3.63, 3.8) is 0 Å². The fourth-order valence-electron chi connectivity index (χ4n) is 4.60. The summed E-state index contributed by atoms with van der Waals surface area (Å²) in [4.78, 5) is 31.3. The quantitative estimate of drug-likeness (QED) is 0.290. The van der Waals surface area contributed by atoms with Gasteiger partial charge in [0.15, 0.2) is 6.10 Å². The summed E-state index contributed by atoms with van der Waals surface area (Å²) in [6, 6.07) is 19.5. The second-order valence-corrected chi connectivity index (χ2v) is 11.9. The Balaban J connectivity index is 1.53. The first-order valence-electron chi connectivity index (χ1n) is 13.8. The molecule has 2 heterocycles. The maximum atomic E-state index is 13.6. The van der Waals surface area contributed by atoms with Crippen LogP contribution in [0.1, 0.15) is 25.3 Å². The number of cyclic esters (lactones) is 1. The molecule has 3 atom stereocenters. The average molecular weight is 597 g/mol. The summed E-state index contributed by atoms with van der Waals surface area (Å²) in [7, 11) is -2.47. The highest BCUT2D eigenvalue weighted by Gasteiger charge is 2.39. The van der Waals surface area contributed by atoms with E-state index in [9.17, 15) is 23.1 Å². The normalized spacial score (nSPS) is 16.6. The summed E-state index contributed by atoms with van der Waals surface area (Å²) >= 11 is 0. The molecule has 224 valence electrons. The van der Waals surface area contributed by atoms with E-state index in [0.717, 1.165) is 12.0 Å². The van der Waals surface area contributed by atoms with Crippen LogP contribution in [0.2, 0.25) is 0 Å². The molecule has 1 fully saturated rings. The summed E-state index contributed by atoms with van der Waals surface area (Å²) < 4.78 is 38.9. The van der Waals surface area contributed by atoms with Crippen molar-refractivity contribution >= 4 is 27.8 Å². The van der Waals surface area contributed by atoms with Gasteiger partial charge in [0.1, 0.15) is 11.6 Å². The number of benzene rings is 2. The Morgan fingerprint density at radius 2 is 1.86 bits per heavy atom. The average Bonchev–Trinajstić information content (AvgIpc) is 3.41. The second-order valence-electron chi connectivity index (χ2n) is 9.94. The number of aliphatic hydroxyl groups is 1. The topological polar surface area (TPSA) is 138 Å². The van der Waals surface area contributed by atoms with Gasteiger partial charge in [0.05, 0.1) is 30.7 Å². The molecule has 1 unspecified atom stereocenters. The molecule has 0 saturated carbocycles. The van der Waals surface area contributed by atoms with E-state index in [1.54, 1.807) is 30.3 Å². The summed E-state index contributed by atoms with van der Waals surface area (Å²) in [5.74, 6) is 0.280. The number of carbonyl (C=O) groups excluding carboxylic acids is 2. The predicted octanol–water partition coefficient (Wildman–Crippen LogP) is 2.99. The first kappa shape index (κ1) is 30.9. The first-order valence-corrected chi connectivity index (χ1v) is 15.2. The zero-order chi connectivity index (χ0) is 30.1. The van der Waals surface area contributed by atoms with Gasteiger partial charge in [-0.3, -0.25) is 9.69 Å². The molecule has 0 aliphatic carbocycles. The minimum Gasteiger partial charge on any atom is -0.497 e. The van der Waals surface area contributed by atoms with Crippen LogP contribution in [0.4, 0.5) is 10.6 Å². The van der Waals surface area contributed by atoms with Gasteiger partial charge < -0.3 is 19.9 Å². The number of methoxy groups -OCH3 is 1. The molecule has 0 spiro atoms. The van der Waals surface area contributed by atoms with Crippen LogP contribution in [-0.2, 0) is 26.0 Å². The fraction of sp³-hybridized carbons (Fsp3) is 0.367. The number of hydrogen-bond donors (Lipinski definition) is 2. The maximum Gasteiger partial charge on any atom is 0.416 e. The van der Waals surface area contributed by atoms with Gasteiger partial charge in [-0.15, -0.1) is 0 Å². The van der Waals surface area contributed by atoms with Crippen molar-refractivity contribution in [1.29, 1.82) is 0 Å². The van der Waals surface area contributed by atoms with Gasteiger partial charge >= 0.3 is 6.09 Å². The molecule has 1 aliphatic rings. The lowest BCUT2D eigenvalue weighted by atomic mass is 10.0. The van der Waals surface area contributed by atoms with Crippen molar-refractivity contribution in [2.24, 2.45) is 0 Å². The molecule has 11 nitrogen and oxygen atoms in total. The molecule has 4 rings (SSSR count). The third-order valence-electron chi connectivity index (χ3n) is 6.97. The van der Waals surface area contributed by atoms with E-state index < -0.39 is 40.3 Å². The van der Waals surface area contributed by atoms with Crippen LogP contribution in [0.5, 0.6) is 5.75 Å². The summed E-state index contributed by atoms with van der Waals surface area (Å²) in [6.07, 6.45) is -0.0270. The molecule has 2 aromatic carbocycles. The van der Waals surface area contributed by atoms with Crippen LogP contribution in [-0.4, -0.2) is 79.8 Å². The number of aliphatic hydroxyl groups excluding tert-OH is 1. The highest BCUT2D eigenvalue weighted by atomic mass is 32.2. The van der Waals surface area contributed by atoms with Crippen LogP contribution in [0.15, 0.2) is 83.9 Å². The number of pyridine rings is 1. The monoisotopic (exact) mass is 596 g/mol. The van der Waals surface area contributed by atoms with Gasteiger partial charge in [-0.25, -0.2) is 18.2 Å². The smallest absolute Gasteiger partial charge is 0.416 e. The molecule has 2 N–H and O–H groups in total. The Kier molecular flexibility index (Phi) is 10.5. The summed E-state index contributed by atoms with van der Waals surface area (Å²) in [5, 5.41) is 14.3. The maximum absolute atomic E-state index is 13.6. The Morgan fingerprint density at radius 3 is 2.50 bits per heavy atom. The van der Waals surface area contributed by atoms with E-state index in [0.29, 0.717) is 18.0 Å². The number of unbranched alkanes of at least 4 members (excludes halogenated alkanes) is 1. The zero-order valence-corrected chi connectivity index (χ0v) is 24.4. The molecule has 3 aromatic rings. The Morgan fingerprint density at radius 1 is 1.14 bits per heavy atom. The SMILES string of the molecule is CCCCN(C[C@@H](O)C(Cc1ccccc1)NC(=O)[C@@H]1CN(c2ccccn2)C(=O)O1)S(=O)(=O)c1ccc(OC)cc1. The van der Waals surface area contributed by atoms with Gasteiger partial charge in [0.2, 0.25) is 10.0 Å². The van der Waals surface area contributed by atoms with E-state index in [4.69, 9.17) is 9.47 Å². The molecule has 12 heteroatoms. The largest absolute Gasteiger partial charge is 0.497 e. The number of hydrogen-bond acceptors (Lipinski definition) is 8. The van der Waals surface area contributed by atoms with Crippen molar-refractivity contribution in [3.8, 4) is 5.75 Å². The van der Waals surface area contributed by atoms with Crippen LogP contribution in [0.3, 0.4) is 0 Å². The van der Waals surface area contributed by atoms with Crippen LogP contribution in [0, 0.1) is 0 Å². The van der Waals surface area contributed by atoms with Gasteiger partial charge in [0, 0.05) is 19.3 Å². The zero-order valence-electron chi connectivity index (χ0n) is 23.6. The number of aromatic nitrogens is 1. The Bertz CT molecular complexity index is 1420. The molecular formula is C30H36N4O7S. The van der Waals surface area contributed by atoms with Crippen LogP contribution in [0.25, 0.3) is 0 Å². The molecule has 2 amide bonds. The molecule has 1 saturated heterocycles. The molecule has 1 aliphatic heterocycles. The van der Waals surface area contributed by atoms with E-state index in [-0.39, 0.29) is 31.0 Å². The molecule has 0 radical (unpaired) electrons. The van der Waals surface area contributed by atoms with Gasteiger partial charge in [-0.2, -0.15) is 4.31 Å². The third-order valence-corrected chi connectivity index (χ3v) is 8.85. The third kappa shape index (κ3) is 7.64. The lowest BCUT2D eigenvalue weighted by Crippen LogP contribution is -2.53. The highest BCUT2D eigenvalue weighted by Crippen LogP contribution is 2.22. The number of ether oxygens (including phenoxy) is 2. The first-order chi connectivity index (χ1) is 20.2. The number of carbonyl (C=O) groups is 2. The molecule has 0 bridgehead atoms. The van der Waals surface area contributed by atoms with Crippen molar-refractivity contribution in [1.82, 2.24) is 14.6 Å². The fourth-order valence-corrected chi connectivity index (χ4v) is 6.10. The lowest BCUT2D eigenvalue weighted by Gasteiger charge is -2.30. The Hall–Kier alpha value is -4.00. The van der Waals surface area contributed by atoms with E-state index in [2.05, 4.69) is 10.3 Å². The number of nitrogens with one attached hydrogen (secondary N) is 1. The molecular weight excluding hydrogens is 560 g/mol. The summed E-state index contributed by atoms with van der Waals surface area (Å²) in [6.45, 7) is 1.83. The number of nitrogens with zero attached hydrogens (tertiary/aromatic N) is 3. The van der Waals surface area contributed by atoms with E-state index in [1.807, 2.05) is 37.3 Å². The van der Waals surface area contributed by atoms with E-state index >= 15 is 0 Å². The van der Waals surface area contributed by atoms with Crippen molar-refractivity contribution in [2.75, 3.05) is 31.6 Å². The number of rotatable bonds is 14. The number of amides is 2. The molecule has 42 heavy (non-hydrogen) atoms. The van der Waals surface area contributed by atoms with Gasteiger partial charge in [-0.1, -0.05) is 49.7 Å². The molecule has 1 aromatic heterocycles. The van der Waals surface area contributed by atoms with Crippen molar-refractivity contribution in [3.05, 3.63) is 84.6 Å². The predicted molar refractivity (Wildman–Crippen MR) is 157 cm³/mol. The van der Waals surface area contributed by atoms with Crippen molar-refractivity contribution < 1.29 is 32.6 Å². The minimum atomic E-state index is -3.97. The highest BCUT2D eigenvalue weighted by molar-refractivity contribution is 7.89. The van der Waals surface area contributed by atoms with Crippen LogP contribution >= 0.6 is 0 Å². The number of sulfonamides is 1. The lowest BCUT2D eigenvalue weighted by molar-refractivity contribution is -0.129. The number of anilines is 1. The Labute approximate surface area is 246 Å². The van der Waals surface area contributed by atoms with E-state index in [1.165, 1.54) is 34.6 Å². The van der Waals surface area contributed by atoms with Gasteiger partial charge in [0.25, 0.3) is 5.91 Å². The summed E-state index contributed by atoms with van der Waals surface area (Å²) in [5.41, 5.74) is 0.832. The minimum absolute atomic E-state index is 0.0513.